The molecule has 0 unspecified atom stereocenters. The molecule has 1 aromatic rings. The number of carbonyl (C=O) groups is 2. The highest BCUT2D eigenvalue weighted by Crippen LogP contribution is 2.22. The second-order valence-corrected chi connectivity index (χ2v) is 5.64. The molecule has 0 aromatic heterocycles. The highest BCUT2D eigenvalue weighted by Gasteiger charge is 2.29. The minimum atomic E-state index is -0.967. The molecule has 1 aliphatic heterocycles. The molecule has 1 N–H and O–H groups in total. The Bertz CT molecular complexity index is 512. The molecule has 1 fully saturated rings. The number of rotatable bonds is 5. The second-order valence-electron chi connectivity index (χ2n) is 5.21. The van der Waals surface area contributed by atoms with Gasteiger partial charge in [0.25, 0.3) is 0 Å². The maximum absolute atomic E-state index is 12.5. The molecular weight excluding hydrogens is 292 g/mol. The normalized spacial score (nSPS) is 15.8. The number of anilines is 1. The lowest BCUT2D eigenvalue weighted by molar-refractivity contribution is -0.135. The molecule has 114 valence electrons. The van der Waals surface area contributed by atoms with E-state index in [9.17, 15) is 9.59 Å². The first-order chi connectivity index (χ1) is 9.99. The van der Waals surface area contributed by atoms with Crippen LogP contribution < -0.4 is 4.90 Å². The summed E-state index contributed by atoms with van der Waals surface area (Å²) in [5.74, 6) is -0.991. The zero-order chi connectivity index (χ0) is 15.4. The zero-order valence-electron chi connectivity index (χ0n) is 12.0. The van der Waals surface area contributed by atoms with Crippen LogP contribution >= 0.6 is 11.6 Å². The van der Waals surface area contributed by atoms with Gasteiger partial charge in [-0.15, -0.1) is 0 Å². The van der Waals surface area contributed by atoms with Crippen LogP contribution in [0.2, 0.25) is 5.02 Å². The number of hydrogen-bond acceptors (Lipinski definition) is 3. The van der Waals surface area contributed by atoms with Crippen molar-refractivity contribution in [1.29, 1.82) is 0 Å². The maximum atomic E-state index is 12.5. The van der Waals surface area contributed by atoms with E-state index in [0.717, 1.165) is 25.9 Å². The molecular formula is C15H19ClN2O3. The van der Waals surface area contributed by atoms with Gasteiger partial charge < -0.3 is 14.9 Å². The third-order valence-electron chi connectivity index (χ3n) is 3.71. The van der Waals surface area contributed by atoms with Crippen molar-refractivity contribution < 1.29 is 14.7 Å². The Hall–Kier alpha value is -1.75. The van der Waals surface area contributed by atoms with Crippen molar-refractivity contribution in [2.45, 2.75) is 25.8 Å². The molecule has 1 amide bonds. The summed E-state index contributed by atoms with van der Waals surface area (Å²) in [4.78, 5) is 27.0. The fraction of sp³-hybridized carbons (Fsp3) is 0.467. The van der Waals surface area contributed by atoms with Crippen LogP contribution in [0.1, 0.15) is 19.8 Å². The van der Waals surface area contributed by atoms with Crippen LogP contribution in [0.15, 0.2) is 24.3 Å². The van der Waals surface area contributed by atoms with Crippen molar-refractivity contribution in [3.05, 3.63) is 29.3 Å². The van der Waals surface area contributed by atoms with Crippen LogP contribution in [0.25, 0.3) is 0 Å². The van der Waals surface area contributed by atoms with E-state index in [4.69, 9.17) is 16.7 Å². The molecule has 1 saturated heterocycles. The van der Waals surface area contributed by atoms with Gasteiger partial charge in [0.1, 0.15) is 12.6 Å². The lowest BCUT2D eigenvalue weighted by Crippen LogP contribution is -2.48. The molecule has 0 radical (unpaired) electrons. The Labute approximate surface area is 129 Å². The molecule has 0 saturated carbocycles. The van der Waals surface area contributed by atoms with E-state index in [1.54, 1.807) is 41.0 Å². The van der Waals surface area contributed by atoms with Gasteiger partial charge in [0, 0.05) is 23.8 Å². The molecule has 2 rings (SSSR count). The summed E-state index contributed by atoms with van der Waals surface area (Å²) in [6.45, 7) is 3.04. The summed E-state index contributed by atoms with van der Waals surface area (Å²) in [6, 6.07) is 6.34. The standard InChI is InChI=1S/C15H19ClN2O3/c1-11(15(21)17-8-2-3-9-17)18(10-14(19)20)13-6-4-12(16)5-7-13/h4-7,11H,2-3,8-10H2,1H3,(H,19,20)/t11-/m1/s1. The number of benzene rings is 1. The van der Waals surface area contributed by atoms with Gasteiger partial charge in [-0.05, 0) is 44.0 Å². The minimum absolute atomic E-state index is 0.0244. The van der Waals surface area contributed by atoms with Crippen LogP contribution in [0.4, 0.5) is 5.69 Å². The Morgan fingerprint density at radius 1 is 1.29 bits per heavy atom. The number of aliphatic carboxylic acids is 1. The SMILES string of the molecule is C[C@H](C(=O)N1CCCC1)N(CC(=O)O)c1ccc(Cl)cc1. The van der Waals surface area contributed by atoms with E-state index < -0.39 is 12.0 Å². The maximum Gasteiger partial charge on any atom is 0.323 e. The third kappa shape index (κ3) is 3.88. The molecule has 1 atom stereocenters. The van der Waals surface area contributed by atoms with Crippen molar-refractivity contribution in [2.75, 3.05) is 24.5 Å². The summed E-state index contributed by atoms with van der Waals surface area (Å²) in [5, 5.41) is 9.68. The minimum Gasteiger partial charge on any atom is -0.480 e. The number of carboxylic acid groups (broad SMARTS) is 1. The predicted octanol–water partition coefficient (Wildman–Crippen LogP) is 2.24. The first-order valence-corrected chi connectivity index (χ1v) is 7.39. The average Bonchev–Trinajstić information content (AvgIpc) is 2.98. The lowest BCUT2D eigenvalue weighted by atomic mass is 10.2. The molecule has 6 heteroatoms. The predicted molar refractivity (Wildman–Crippen MR) is 81.7 cm³/mol. The third-order valence-corrected chi connectivity index (χ3v) is 3.96. The van der Waals surface area contributed by atoms with Crippen LogP contribution in [0.5, 0.6) is 0 Å². The molecule has 1 heterocycles. The Morgan fingerprint density at radius 2 is 1.86 bits per heavy atom. The van der Waals surface area contributed by atoms with Crippen molar-refractivity contribution in [3.8, 4) is 0 Å². The summed E-state index contributed by atoms with van der Waals surface area (Å²) < 4.78 is 0. The highest BCUT2D eigenvalue weighted by atomic mass is 35.5. The summed E-state index contributed by atoms with van der Waals surface area (Å²) >= 11 is 5.86. The fourth-order valence-corrected chi connectivity index (χ4v) is 2.69. The molecule has 1 aromatic carbocycles. The van der Waals surface area contributed by atoms with Gasteiger partial charge in [-0.25, -0.2) is 0 Å². The Balaban J connectivity index is 2.19. The van der Waals surface area contributed by atoms with E-state index in [0.29, 0.717) is 10.7 Å². The van der Waals surface area contributed by atoms with Gasteiger partial charge in [-0.2, -0.15) is 0 Å². The molecule has 0 aliphatic carbocycles. The largest absolute Gasteiger partial charge is 0.480 e. The zero-order valence-corrected chi connectivity index (χ0v) is 12.7. The van der Waals surface area contributed by atoms with Crippen LogP contribution in [-0.2, 0) is 9.59 Å². The summed E-state index contributed by atoms with van der Waals surface area (Å²) in [5.41, 5.74) is 0.682. The van der Waals surface area contributed by atoms with E-state index >= 15 is 0 Å². The fourth-order valence-electron chi connectivity index (χ4n) is 2.57. The topological polar surface area (TPSA) is 60.9 Å². The van der Waals surface area contributed by atoms with Crippen molar-refractivity contribution >= 4 is 29.2 Å². The number of halogens is 1. The Morgan fingerprint density at radius 3 is 2.38 bits per heavy atom. The molecule has 21 heavy (non-hydrogen) atoms. The average molecular weight is 311 g/mol. The van der Waals surface area contributed by atoms with Gasteiger partial charge in [-0.3, -0.25) is 9.59 Å². The molecule has 0 spiro atoms. The molecule has 5 nitrogen and oxygen atoms in total. The number of nitrogens with zero attached hydrogens (tertiary/aromatic N) is 2. The smallest absolute Gasteiger partial charge is 0.323 e. The van der Waals surface area contributed by atoms with Gasteiger partial charge in [0.05, 0.1) is 0 Å². The number of carboxylic acids is 1. The Kier molecular flexibility index (Phi) is 5.07. The van der Waals surface area contributed by atoms with Crippen molar-refractivity contribution in [3.63, 3.8) is 0 Å². The van der Waals surface area contributed by atoms with Gasteiger partial charge >= 0.3 is 5.97 Å². The summed E-state index contributed by atoms with van der Waals surface area (Å²) in [6.07, 6.45) is 2.02. The van der Waals surface area contributed by atoms with Crippen molar-refractivity contribution in [1.82, 2.24) is 4.90 Å². The quantitative estimate of drug-likeness (QED) is 0.906. The number of carbonyl (C=O) groups excluding carboxylic acids is 1. The van der Waals surface area contributed by atoms with E-state index in [1.807, 2.05) is 0 Å². The summed E-state index contributed by atoms with van der Waals surface area (Å²) in [7, 11) is 0. The number of likely N-dealkylation sites (tertiary alicyclic amines) is 1. The van der Waals surface area contributed by atoms with E-state index in [-0.39, 0.29) is 12.5 Å². The lowest BCUT2D eigenvalue weighted by Gasteiger charge is -2.31. The first-order valence-electron chi connectivity index (χ1n) is 7.02. The molecule has 1 aliphatic rings. The van der Waals surface area contributed by atoms with Gasteiger partial charge in [-0.1, -0.05) is 11.6 Å². The second kappa shape index (κ2) is 6.80. The van der Waals surface area contributed by atoms with Crippen LogP contribution in [0.3, 0.4) is 0 Å². The van der Waals surface area contributed by atoms with Crippen LogP contribution in [-0.4, -0.2) is 47.6 Å². The van der Waals surface area contributed by atoms with Crippen LogP contribution in [0, 0.1) is 0 Å². The monoisotopic (exact) mass is 310 g/mol. The van der Waals surface area contributed by atoms with E-state index in [1.165, 1.54) is 0 Å². The van der Waals surface area contributed by atoms with E-state index in [2.05, 4.69) is 0 Å². The molecule has 0 bridgehead atoms. The first kappa shape index (κ1) is 15.6. The van der Waals surface area contributed by atoms with Gasteiger partial charge in [0.15, 0.2) is 0 Å². The highest BCUT2D eigenvalue weighted by molar-refractivity contribution is 6.30. The number of amides is 1. The number of hydrogen-bond donors (Lipinski definition) is 1. The van der Waals surface area contributed by atoms with Gasteiger partial charge in [0.2, 0.25) is 5.91 Å². The van der Waals surface area contributed by atoms with Crippen molar-refractivity contribution in [2.24, 2.45) is 0 Å².